The third-order valence-electron chi connectivity index (χ3n) is 1.58. The Kier molecular flexibility index (Phi) is 9.18. The van der Waals surface area contributed by atoms with Crippen molar-refractivity contribution in [2.45, 2.75) is 38.6 Å². The van der Waals surface area contributed by atoms with E-state index in [0.29, 0.717) is 6.04 Å². The summed E-state index contributed by atoms with van der Waals surface area (Å²) in [5, 5.41) is 0. The predicted octanol–water partition coefficient (Wildman–Crippen LogP) is 2.81. The number of nitrogens with two attached hydrogens (primary N) is 1. The van der Waals surface area contributed by atoms with Gasteiger partial charge in [-0.1, -0.05) is 12.5 Å². The summed E-state index contributed by atoms with van der Waals surface area (Å²) >= 11 is 1.97. The van der Waals surface area contributed by atoms with Crippen molar-refractivity contribution in [3.8, 4) is 0 Å². The molecule has 0 heterocycles. The largest absolute Gasteiger partial charge is 0.327 e. The fraction of sp³-hybridized carbons (Fsp3) is 0.800. The second-order valence-electron chi connectivity index (χ2n) is 3.19. The standard InChI is InChI=1S/C10H21NS/c1-3-4-5-6-7-8-12-9-10(2)11/h3,10H,1,4-9,11H2,2H3. The van der Waals surface area contributed by atoms with Gasteiger partial charge in [0.05, 0.1) is 0 Å². The van der Waals surface area contributed by atoms with E-state index < -0.39 is 0 Å². The number of thioether (sulfide) groups is 1. The molecule has 72 valence electrons. The Labute approximate surface area is 80.8 Å². The number of rotatable bonds is 8. The van der Waals surface area contributed by atoms with E-state index in [2.05, 4.69) is 13.5 Å². The molecule has 0 aliphatic carbocycles. The molecule has 12 heavy (non-hydrogen) atoms. The Bertz CT molecular complexity index is 102. The molecule has 0 aromatic rings. The first-order valence-electron chi connectivity index (χ1n) is 4.71. The summed E-state index contributed by atoms with van der Waals surface area (Å²) in [7, 11) is 0. The Balaban J connectivity index is 2.86. The monoisotopic (exact) mass is 187 g/mol. The van der Waals surface area contributed by atoms with Crippen LogP contribution in [0.2, 0.25) is 0 Å². The van der Waals surface area contributed by atoms with Gasteiger partial charge in [-0.15, -0.1) is 6.58 Å². The highest BCUT2D eigenvalue weighted by molar-refractivity contribution is 7.99. The zero-order valence-electron chi connectivity index (χ0n) is 8.09. The lowest BCUT2D eigenvalue weighted by molar-refractivity contribution is 0.734. The first kappa shape index (κ1) is 12.0. The maximum Gasteiger partial charge on any atom is 0.0101 e. The van der Waals surface area contributed by atoms with Crippen LogP contribution in [0.1, 0.15) is 32.6 Å². The zero-order chi connectivity index (χ0) is 9.23. The minimum absolute atomic E-state index is 0.350. The molecule has 0 bridgehead atoms. The van der Waals surface area contributed by atoms with Crippen molar-refractivity contribution in [2.24, 2.45) is 5.73 Å². The van der Waals surface area contributed by atoms with Gasteiger partial charge in [0.15, 0.2) is 0 Å². The molecular formula is C10H21NS. The summed E-state index contributed by atoms with van der Waals surface area (Å²) in [4.78, 5) is 0. The van der Waals surface area contributed by atoms with Crippen molar-refractivity contribution >= 4 is 11.8 Å². The molecule has 0 spiro atoms. The maximum absolute atomic E-state index is 5.62. The van der Waals surface area contributed by atoms with Crippen molar-refractivity contribution in [3.05, 3.63) is 12.7 Å². The molecule has 0 saturated carbocycles. The molecule has 0 aliphatic heterocycles. The highest BCUT2D eigenvalue weighted by Crippen LogP contribution is 2.08. The number of allylic oxidation sites excluding steroid dienone is 1. The minimum Gasteiger partial charge on any atom is -0.327 e. The van der Waals surface area contributed by atoms with Crippen molar-refractivity contribution in [2.75, 3.05) is 11.5 Å². The molecule has 0 rings (SSSR count). The van der Waals surface area contributed by atoms with E-state index in [9.17, 15) is 0 Å². The fourth-order valence-electron chi connectivity index (χ4n) is 0.939. The predicted molar refractivity (Wildman–Crippen MR) is 59.6 cm³/mol. The summed E-state index contributed by atoms with van der Waals surface area (Å²) in [5.74, 6) is 2.36. The van der Waals surface area contributed by atoms with Crippen molar-refractivity contribution in [1.29, 1.82) is 0 Å². The van der Waals surface area contributed by atoms with E-state index in [-0.39, 0.29) is 0 Å². The van der Waals surface area contributed by atoms with E-state index in [0.717, 1.165) is 12.2 Å². The second-order valence-corrected chi connectivity index (χ2v) is 4.34. The number of hydrogen-bond acceptors (Lipinski definition) is 2. The molecule has 1 unspecified atom stereocenters. The normalized spacial score (nSPS) is 12.8. The molecule has 0 amide bonds. The number of hydrogen-bond donors (Lipinski definition) is 1. The van der Waals surface area contributed by atoms with Crippen LogP contribution in [-0.2, 0) is 0 Å². The van der Waals surface area contributed by atoms with Gasteiger partial charge in [-0.3, -0.25) is 0 Å². The lowest BCUT2D eigenvalue weighted by Crippen LogP contribution is -2.17. The van der Waals surface area contributed by atoms with E-state index in [1.165, 1.54) is 25.0 Å². The van der Waals surface area contributed by atoms with Crippen molar-refractivity contribution < 1.29 is 0 Å². The van der Waals surface area contributed by atoms with E-state index in [4.69, 9.17) is 5.73 Å². The van der Waals surface area contributed by atoms with Crippen LogP contribution >= 0.6 is 11.8 Å². The SMILES string of the molecule is C=CCCCCCSCC(C)N. The molecule has 0 fully saturated rings. The van der Waals surface area contributed by atoms with Gasteiger partial charge in [0.1, 0.15) is 0 Å². The van der Waals surface area contributed by atoms with Crippen molar-refractivity contribution in [1.82, 2.24) is 0 Å². The smallest absolute Gasteiger partial charge is 0.0101 e. The van der Waals surface area contributed by atoms with Gasteiger partial charge in [-0.25, -0.2) is 0 Å². The molecule has 0 saturated heterocycles. The van der Waals surface area contributed by atoms with Gasteiger partial charge in [0.2, 0.25) is 0 Å². The summed E-state index contributed by atoms with van der Waals surface area (Å²) in [6.45, 7) is 5.76. The van der Waals surface area contributed by atoms with Crippen LogP contribution in [-0.4, -0.2) is 17.5 Å². The minimum atomic E-state index is 0.350. The summed E-state index contributed by atoms with van der Waals surface area (Å²) in [6.07, 6.45) is 7.11. The fourth-order valence-corrected chi connectivity index (χ4v) is 1.89. The van der Waals surface area contributed by atoms with E-state index in [1.807, 2.05) is 17.8 Å². The van der Waals surface area contributed by atoms with E-state index in [1.54, 1.807) is 0 Å². The summed E-state index contributed by atoms with van der Waals surface area (Å²) < 4.78 is 0. The molecule has 1 nitrogen and oxygen atoms in total. The van der Waals surface area contributed by atoms with Gasteiger partial charge < -0.3 is 5.73 Å². The van der Waals surface area contributed by atoms with Crippen LogP contribution in [0.5, 0.6) is 0 Å². The summed E-state index contributed by atoms with van der Waals surface area (Å²) in [6, 6.07) is 0.350. The Morgan fingerprint density at radius 2 is 2.17 bits per heavy atom. The van der Waals surface area contributed by atoms with Gasteiger partial charge in [-0.2, -0.15) is 11.8 Å². The molecule has 2 heteroatoms. The van der Waals surface area contributed by atoms with Gasteiger partial charge >= 0.3 is 0 Å². The number of unbranched alkanes of at least 4 members (excludes halogenated alkanes) is 3. The highest BCUT2D eigenvalue weighted by Gasteiger charge is 1.93. The van der Waals surface area contributed by atoms with Gasteiger partial charge in [0.25, 0.3) is 0 Å². The molecule has 2 N–H and O–H groups in total. The molecule has 0 aromatic heterocycles. The molecular weight excluding hydrogens is 166 g/mol. The third-order valence-corrected chi connectivity index (χ3v) is 2.92. The average molecular weight is 187 g/mol. The molecule has 0 radical (unpaired) electrons. The third kappa shape index (κ3) is 10.0. The topological polar surface area (TPSA) is 26.0 Å². The van der Waals surface area contributed by atoms with Crippen LogP contribution in [0.25, 0.3) is 0 Å². The lowest BCUT2D eigenvalue weighted by atomic mass is 10.2. The zero-order valence-corrected chi connectivity index (χ0v) is 8.91. The molecule has 0 aliphatic rings. The molecule has 1 atom stereocenters. The van der Waals surface area contributed by atoms with E-state index >= 15 is 0 Å². The van der Waals surface area contributed by atoms with Crippen LogP contribution in [0, 0.1) is 0 Å². The van der Waals surface area contributed by atoms with Gasteiger partial charge in [-0.05, 0) is 31.9 Å². The highest BCUT2D eigenvalue weighted by atomic mass is 32.2. The lowest BCUT2D eigenvalue weighted by Gasteiger charge is -2.03. The molecule has 0 aromatic carbocycles. The average Bonchev–Trinajstić information content (AvgIpc) is 2.02. The quantitative estimate of drug-likeness (QED) is 0.467. The first-order valence-corrected chi connectivity index (χ1v) is 5.87. The second kappa shape index (κ2) is 9.14. The maximum atomic E-state index is 5.62. The first-order chi connectivity index (χ1) is 5.77. The van der Waals surface area contributed by atoms with Gasteiger partial charge in [0, 0.05) is 11.8 Å². The Morgan fingerprint density at radius 1 is 1.42 bits per heavy atom. The van der Waals surface area contributed by atoms with Crippen molar-refractivity contribution in [3.63, 3.8) is 0 Å². The van der Waals surface area contributed by atoms with Crippen LogP contribution in [0.15, 0.2) is 12.7 Å². The Hall–Kier alpha value is 0.0500. The van der Waals surface area contributed by atoms with Crippen LogP contribution in [0.3, 0.4) is 0 Å². The van der Waals surface area contributed by atoms with Crippen LogP contribution < -0.4 is 5.73 Å². The summed E-state index contributed by atoms with van der Waals surface area (Å²) in [5.41, 5.74) is 5.62. The van der Waals surface area contributed by atoms with Crippen LogP contribution in [0.4, 0.5) is 0 Å². The Morgan fingerprint density at radius 3 is 2.75 bits per heavy atom.